The van der Waals surface area contributed by atoms with E-state index in [4.69, 9.17) is 0 Å². The molecule has 0 fully saturated rings. The van der Waals surface area contributed by atoms with Crippen LogP contribution in [0.5, 0.6) is 0 Å². The van der Waals surface area contributed by atoms with Crippen LogP contribution in [0.3, 0.4) is 0 Å². The van der Waals surface area contributed by atoms with Crippen LogP contribution in [0.4, 0.5) is 5.69 Å². The van der Waals surface area contributed by atoms with Gasteiger partial charge in [0.1, 0.15) is 6.54 Å². The van der Waals surface area contributed by atoms with Gasteiger partial charge in [0.2, 0.25) is 5.91 Å². The molecule has 0 aliphatic carbocycles. The third-order valence-corrected chi connectivity index (χ3v) is 4.33. The zero-order valence-corrected chi connectivity index (χ0v) is 13.0. The van der Waals surface area contributed by atoms with Crippen LogP contribution in [0.2, 0.25) is 0 Å². The van der Waals surface area contributed by atoms with Crippen molar-refractivity contribution in [2.45, 2.75) is 20.4 Å². The Morgan fingerprint density at radius 2 is 1.95 bits per heavy atom. The molecule has 0 saturated heterocycles. The topological polar surface area (TPSA) is 51.1 Å². The number of hydrogen-bond donors (Lipinski definition) is 1. The largest absolute Gasteiger partial charge is 0.325 e. The lowest BCUT2D eigenvalue weighted by Crippen LogP contribution is -2.25. The molecule has 2 rings (SSSR count). The summed E-state index contributed by atoms with van der Waals surface area (Å²) in [5, 5.41) is 2.77. The van der Waals surface area contributed by atoms with E-state index in [-0.39, 0.29) is 17.3 Å². The van der Waals surface area contributed by atoms with Gasteiger partial charge in [-0.05, 0) is 38.1 Å². The van der Waals surface area contributed by atoms with E-state index < -0.39 is 0 Å². The number of benzene rings is 1. The summed E-state index contributed by atoms with van der Waals surface area (Å²) >= 11 is 4.50. The number of thiazole rings is 1. The summed E-state index contributed by atoms with van der Waals surface area (Å²) in [6, 6.07) is 7.30. The van der Waals surface area contributed by atoms with Gasteiger partial charge in [-0.1, -0.05) is 27.3 Å². The van der Waals surface area contributed by atoms with Crippen LogP contribution in [0.15, 0.2) is 33.5 Å². The number of hydrogen-bond acceptors (Lipinski definition) is 3. The molecular formula is C13H13BrN2O2S. The van der Waals surface area contributed by atoms with Gasteiger partial charge in [0.05, 0.1) is 0 Å². The maximum Gasteiger partial charge on any atom is 0.308 e. The summed E-state index contributed by atoms with van der Waals surface area (Å²) in [5.41, 5.74) is 1.56. The van der Waals surface area contributed by atoms with Crippen molar-refractivity contribution in [1.29, 1.82) is 0 Å². The van der Waals surface area contributed by atoms with Crippen molar-refractivity contribution in [3.05, 3.63) is 49.0 Å². The molecule has 1 N–H and O–H groups in total. The molecule has 0 aliphatic heterocycles. The smallest absolute Gasteiger partial charge is 0.308 e. The minimum Gasteiger partial charge on any atom is -0.325 e. The number of nitrogens with one attached hydrogen (secondary N) is 1. The molecule has 0 atom stereocenters. The van der Waals surface area contributed by atoms with E-state index in [1.807, 2.05) is 26.0 Å². The van der Waals surface area contributed by atoms with E-state index in [0.29, 0.717) is 5.69 Å². The Morgan fingerprint density at radius 1 is 1.32 bits per heavy atom. The van der Waals surface area contributed by atoms with E-state index in [9.17, 15) is 9.59 Å². The molecule has 1 heterocycles. The van der Waals surface area contributed by atoms with Crippen molar-refractivity contribution in [1.82, 2.24) is 4.57 Å². The molecule has 0 aliphatic rings. The fourth-order valence-electron chi connectivity index (χ4n) is 1.65. The molecule has 0 radical (unpaired) electrons. The Bertz CT molecular complexity index is 658. The van der Waals surface area contributed by atoms with Gasteiger partial charge in [0.25, 0.3) is 0 Å². The van der Waals surface area contributed by atoms with Crippen molar-refractivity contribution in [2.75, 3.05) is 5.32 Å². The van der Waals surface area contributed by atoms with Crippen LogP contribution < -0.4 is 10.2 Å². The first-order chi connectivity index (χ1) is 8.97. The fourth-order valence-corrected chi connectivity index (χ4v) is 2.74. The van der Waals surface area contributed by atoms with Crippen molar-refractivity contribution in [3.8, 4) is 0 Å². The minimum atomic E-state index is -0.203. The maximum absolute atomic E-state index is 11.9. The quantitative estimate of drug-likeness (QED) is 0.933. The molecule has 1 amide bonds. The lowest BCUT2D eigenvalue weighted by molar-refractivity contribution is -0.116. The van der Waals surface area contributed by atoms with Crippen molar-refractivity contribution >= 4 is 38.9 Å². The summed E-state index contributed by atoms with van der Waals surface area (Å²) < 4.78 is 2.44. The van der Waals surface area contributed by atoms with E-state index in [1.54, 1.807) is 12.1 Å². The number of amides is 1. The zero-order valence-electron chi connectivity index (χ0n) is 10.6. The highest BCUT2D eigenvalue weighted by atomic mass is 79.9. The molecular weight excluding hydrogens is 328 g/mol. The monoisotopic (exact) mass is 340 g/mol. The molecule has 0 unspecified atom stereocenters. The zero-order chi connectivity index (χ0) is 14.0. The van der Waals surface area contributed by atoms with Gasteiger partial charge in [0.15, 0.2) is 0 Å². The third kappa shape index (κ3) is 3.33. The lowest BCUT2D eigenvalue weighted by Gasteiger charge is -2.07. The van der Waals surface area contributed by atoms with Gasteiger partial charge < -0.3 is 5.32 Å². The highest BCUT2D eigenvalue weighted by Gasteiger charge is 2.11. The van der Waals surface area contributed by atoms with E-state index in [0.717, 1.165) is 15.0 Å². The van der Waals surface area contributed by atoms with Crippen molar-refractivity contribution in [3.63, 3.8) is 0 Å². The van der Waals surface area contributed by atoms with Gasteiger partial charge in [-0.2, -0.15) is 0 Å². The SMILES string of the molecule is Cc1sc(=O)n(CC(=O)Nc2ccc(Br)cc2)c1C. The Hall–Kier alpha value is -1.40. The second kappa shape index (κ2) is 5.71. The molecule has 100 valence electrons. The average molecular weight is 341 g/mol. The van der Waals surface area contributed by atoms with Gasteiger partial charge in [-0.3, -0.25) is 14.2 Å². The molecule has 2 aromatic rings. The Balaban J connectivity index is 2.09. The first kappa shape index (κ1) is 14.0. The predicted octanol–water partition coefficient (Wildman–Crippen LogP) is 2.93. The third-order valence-electron chi connectivity index (χ3n) is 2.80. The summed E-state index contributed by atoms with van der Waals surface area (Å²) in [6.07, 6.45) is 0. The Morgan fingerprint density at radius 3 is 2.47 bits per heavy atom. The molecule has 1 aromatic carbocycles. The van der Waals surface area contributed by atoms with Crippen LogP contribution in [0, 0.1) is 13.8 Å². The summed E-state index contributed by atoms with van der Waals surface area (Å²) in [6.45, 7) is 3.77. The number of carbonyl (C=O) groups excluding carboxylic acids is 1. The fraction of sp³-hybridized carbons (Fsp3) is 0.231. The van der Waals surface area contributed by atoms with Gasteiger partial charge >= 0.3 is 4.87 Å². The first-order valence-corrected chi connectivity index (χ1v) is 7.30. The molecule has 0 bridgehead atoms. The Kier molecular flexibility index (Phi) is 4.21. The van der Waals surface area contributed by atoms with Gasteiger partial charge in [0, 0.05) is 20.7 Å². The number of rotatable bonds is 3. The normalized spacial score (nSPS) is 10.5. The summed E-state index contributed by atoms with van der Waals surface area (Å²) in [7, 11) is 0. The standard InChI is InChI=1S/C13H13BrN2O2S/c1-8-9(2)19-13(18)16(8)7-12(17)15-11-5-3-10(14)4-6-11/h3-6H,7H2,1-2H3,(H,15,17). The van der Waals surface area contributed by atoms with Crippen molar-refractivity contribution < 1.29 is 4.79 Å². The minimum absolute atomic E-state index is 0.0467. The molecule has 0 saturated carbocycles. The first-order valence-electron chi connectivity index (χ1n) is 5.69. The lowest BCUT2D eigenvalue weighted by atomic mass is 10.3. The van der Waals surface area contributed by atoms with E-state index >= 15 is 0 Å². The highest BCUT2D eigenvalue weighted by molar-refractivity contribution is 9.10. The molecule has 0 spiro atoms. The maximum atomic E-state index is 11.9. The Labute approximate surface area is 123 Å². The van der Waals surface area contributed by atoms with E-state index in [2.05, 4.69) is 21.2 Å². The van der Waals surface area contributed by atoms with Crippen LogP contribution in [0.1, 0.15) is 10.6 Å². The summed E-state index contributed by atoms with van der Waals surface area (Å²) in [5.74, 6) is -0.203. The van der Waals surface area contributed by atoms with Crippen LogP contribution >= 0.6 is 27.3 Å². The van der Waals surface area contributed by atoms with Crippen LogP contribution in [-0.2, 0) is 11.3 Å². The van der Waals surface area contributed by atoms with Gasteiger partial charge in [-0.25, -0.2) is 0 Å². The van der Waals surface area contributed by atoms with Crippen LogP contribution in [0.25, 0.3) is 0 Å². The second-order valence-electron chi connectivity index (χ2n) is 4.15. The predicted molar refractivity (Wildman–Crippen MR) is 80.8 cm³/mol. The number of aromatic nitrogens is 1. The molecule has 4 nitrogen and oxygen atoms in total. The van der Waals surface area contributed by atoms with Crippen molar-refractivity contribution in [2.24, 2.45) is 0 Å². The number of aryl methyl sites for hydroxylation is 1. The van der Waals surface area contributed by atoms with Gasteiger partial charge in [-0.15, -0.1) is 0 Å². The second-order valence-corrected chi connectivity index (χ2v) is 6.23. The summed E-state index contributed by atoms with van der Waals surface area (Å²) in [4.78, 5) is 24.4. The number of nitrogens with zero attached hydrogens (tertiary/aromatic N) is 1. The number of halogens is 1. The molecule has 6 heteroatoms. The number of anilines is 1. The molecule has 19 heavy (non-hydrogen) atoms. The average Bonchev–Trinajstić information content (AvgIpc) is 2.59. The van der Waals surface area contributed by atoms with E-state index in [1.165, 1.54) is 15.9 Å². The molecule has 1 aromatic heterocycles. The number of carbonyl (C=O) groups is 1. The highest BCUT2D eigenvalue weighted by Crippen LogP contribution is 2.14. The van der Waals surface area contributed by atoms with Crippen LogP contribution in [-0.4, -0.2) is 10.5 Å².